The lowest BCUT2D eigenvalue weighted by Gasteiger charge is -2.24. The lowest BCUT2D eigenvalue weighted by Crippen LogP contribution is -2.27. The second-order valence-electron chi connectivity index (χ2n) is 7.90. The molecular formula is C26H29BrN2O6. The molecule has 9 heteroatoms. The zero-order valence-corrected chi connectivity index (χ0v) is 21.5. The van der Waals surface area contributed by atoms with Crippen molar-refractivity contribution in [1.82, 2.24) is 0 Å². The van der Waals surface area contributed by atoms with Crippen LogP contribution in [0.3, 0.4) is 0 Å². The molecule has 1 amide bonds. The number of anilines is 2. The number of rotatable bonds is 10. The third kappa shape index (κ3) is 7.32. The van der Waals surface area contributed by atoms with E-state index < -0.39 is 18.0 Å². The van der Waals surface area contributed by atoms with Crippen LogP contribution in [0.5, 0.6) is 0 Å². The van der Waals surface area contributed by atoms with Crippen molar-refractivity contribution < 1.29 is 28.6 Å². The molecule has 0 bridgehead atoms. The van der Waals surface area contributed by atoms with Crippen molar-refractivity contribution in [2.75, 3.05) is 23.4 Å². The van der Waals surface area contributed by atoms with E-state index in [1.165, 1.54) is 6.20 Å². The van der Waals surface area contributed by atoms with E-state index in [1.807, 2.05) is 48.2 Å². The molecule has 0 heterocycles. The summed E-state index contributed by atoms with van der Waals surface area (Å²) in [5.74, 6) is -1.50. The fourth-order valence-electron chi connectivity index (χ4n) is 3.37. The minimum absolute atomic E-state index is 0.00725. The van der Waals surface area contributed by atoms with Gasteiger partial charge in [-0.2, -0.15) is 0 Å². The molecule has 0 spiro atoms. The Balaban J connectivity index is 1.85. The van der Waals surface area contributed by atoms with Gasteiger partial charge in [0, 0.05) is 28.4 Å². The lowest BCUT2D eigenvalue weighted by molar-refractivity contribution is -0.146. The fraction of sp³-hybridized carbons (Fsp3) is 0.346. The summed E-state index contributed by atoms with van der Waals surface area (Å²) in [6, 6.07) is 14.8. The van der Waals surface area contributed by atoms with Gasteiger partial charge < -0.3 is 19.1 Å². The third-order valence-electron chi connectivity index (χ3n) is 5.24. The van der Waals surface area contributed by atoms with Crippen LogP contribution < -0.4 is 10.2 Å². The van der Waals surface area contributed by atoms with Crippen LogP contribution >= 0.6 is 15.9 Å². The highest BCUT2D eigenvalue weighted by Crippen LogP contribution is 2.40. The van der Waals surface area contributed by atoms with E-state index in [-0.39, 0.29) is 36.3 Å². The number of esters is 2. The van der Waals surface area contributed by atoms with E-state index in [0.717, 1.165) is 23.2 Å². The molecule has 2 aromatic rings. The normalized spacial score (nSPS) is 16.0. The van der Waals surface area contributed by atoms with Crippen LogP contribution in [0.4, 0.5) is 16.2 Å². The third-order valence-corrected chi connectivity index (χ3v) is 6.23. The Kier molecular flexibility index (Phi) is 9.31. The maximum Gasteiger partial charge on any atom is 0.411 e. The number of ether oxygens (including phenoxy) is 3. The number of halogens is 1. The molecule has 1 aliphatic carbocycles. The second kappa shape index (κ2) is 12.4. The number of amides is 1. The van der Waals surface area contributed by atoms with Crippen molar-refractivity contribution in [2.24, 2.45) is 0 Å². The smallest absolute Gasteiger partial charge is 0.411 e. The molecular weight excluding hydrogens is 516 g/mol. The van der Waals surface area contributed by atoms with Crippen LogP contribution in [-0.4, -0.2) is 42.1 Å². The van der Waals surface area contributed by atoms with E-state index in [0.29, 0.717) is 5.69 Å². The quantitative estimate of drug-likeness (QED) is 0.111. The van der Waals surface area contributed by atoms with E-state index in [9.17, 15) is 14.4 Å². The summed E-state index contributed by atoms with van der Waals surface area (Å²) >= 11 is 3.60. The first-order chi connectivity index (χ1) is 16.8. The first kappa shape index (κ1) is 26.3. The van der Waals surface area contributed by atoms with Gasteiger partial charge in [0.1, 0.15) is 6.61 Å². The van der Waals surface area contributed by atoms with Gasteiger partial charge in [0.15, 0.2) is 5.57 Å². The van der Waals surface area contributed by atoms with Gasteiger partial charge in [-0.05, 0) is 50.5 Å². The molecule has 2 atom stereocenters. The van der Waals surface area contributed by atoms with Crippen LogP contribution in [0.2, 0.25) is 0 Å². The van der Waals surface area contributed by atoms with Crippen LogP contribution in [0.1, 0.15) is 31.4 Å². The number of aryl methyl sites for hydroxylation is 1. The number of benzene rings is 2. The first-order valence-electron chi connectivity index (χ1n) is 11.4. The first-order valence-corrected chi connectivity index (χ1v) is 12.3. The molecule has 2 aromatic carbocycles. The molecule has 0 radical (unpaired) electrons. The number of carbonyl (C=O) groups is 3. The maximum absolute atomic E-state index is 12.5. The van der Waals surface area contributed by atoms with Crippen LogP contribution in [0.25, 0.3) is 0 Å². The summed E-state index contributed by atoms with van der Waals surface area (Å²) in [4.78, 5) is 39.5. The van der Waals surface area contributed by atoms with E-state index >= 15 is 0 Å². The molecule has 1 fully saturated rings. The average Bonchev–Trinajstić information content (AvgIpc) is 3.56. The van der Waals surface area contributed by atoms with Gasteiger partial charge >= 0.3 is 18.0 Å². The predicted octanol–water partition coefficient (Wildman–Crippen LogP) is 5.10. The molecule has 1 N–H and O–H groups in total. The average molecular weight is 545 g/mol. The minimum Gasteiger partial charge on any atom is -0.462 e. The van der Waals surface area contributed by atoms with E-state index in [1.54, 1.807) is 26.0 Å². The molecule has 1 saturated carbocycles. The molecule has 3 rings (SSSR count). The van der Waals surface area contributed by atoms with Gasteiger partial charge in [0.05, 0.1) is 13.2 Å². The van der Waals surface area contributed by atoms with Gasteiger partial charge in [-0.15, -0.1) is 0 Å². The molecule has 8 nitrogen and oxygen atoms in total. The number of nitrogens with zero attached hydrogens (tertiary/aromatic N) is 1. The van der Waals surface area contributed by atoms with Crippen molar-refractivity contribution in [3.05, 3.63) is 71.4 Å². The molecule has 186 valence electrons. The number of hydrogen-bond acceptors (Lipinski definition) is 7. The molecule has 35 heavy (non-hydrogen) atoms. The summed E-state index contributed by atoms with van der Waals surface area (Å²) < 4.78 is 15.5. The second-order valence-corrected chi connectivity index (χ2v) is 9.07. The van der Waals surface area contributed by atoms with Crippen molar-refractivity contribution in [1.29, 1.82) is 0 Å². The molecule has 0 aromatic heterocycles. The molecule has 1 aliphatic rings. The topological polar surface area (TPSA) is 94.2 Å². The fourth-order valence-corrected chi connectivity index (χ4v) is 4.01. The van der Waals surface area contributed by atoms with Gasteiger partial charge in [0.2, 0.25) is 0 Å². The zero-order chi connectivity index (χ0) is 25.4. The van der Waals surface area contributed by atoms with Crippen LogP contribution in [-0.2, 0) is 30.4 Å². The Morgan fingerprint density at radius 1 is 1.03 bits per heavy atom. The van der Waals surface area contributed by atoms with Gasteiger partial charge in [-0.1, -0.05) is 52.3 Å². The number of nitrogens with one attached hydrogen (secondary N) is 1. The predicted molar refractivity (Wildman–Crippen MR) is 136 cm³/mol. The highest BCUT2D eigenvalue weighted by atomic mass is 79.9. The number of alkyl halides is 1. The molecule has 2 unspecified atom stereocenters. The van der Waals surface area contributed by atoms with E-state index in [4.69, 9.17) is 14.2 Å². The lowest BCUT2D eigenvalue weighted by atomic mass is 10.1. The van der Waals surface area contributed by atoms with Crippen LogP contribution in [0, 0.1) is 6.92 Å². The Hall–Kier alpha value is -3.33. The Bertz CT molecular complexity index is 1070. The SMILES string of the molecule is CCOC(=O)C(=CN(c1cc(NC(=O)OCc2ccccc2)ccc1C)C1CC1Br)C(=O)OCC. The monoisotopic (exact) mass is 544 g/mol. The van der Waals surface area contributed by atoms with Gasteiger partial charge in [-0.25, -0.2) is 14.4 Å². The zero-order valence-electron chi connectivity index (χ0n) is 20.0. The van der Waals surface area contributed by atoms with Crippen molar-refractivity contribution in [2.45, 2.75) is 44.7 Å². The molecule has 0 saturated heterocycles. The van der Waals surface area contributed by atoms with Crippen LogP contribution in [0.15, 0.2) is 60.3 Å². The highest BCUT2D eigenvalue weighted by molar-refractivity contribution is 9.09. The highest BCUT2D eigenvalue weighted by Gasteiger charge is 2.41. The Labute approximate surface area is 213 Å². The minimum atomic E-state index is -0.751. The summed E-state index contributed by atoms with van der Waals surface area (Å²) in [5, 5.41) is 2.74. The molecule has 0 aliphatic heterocycles. The Morgan fingerprint density at radius 3 is 2.23 bits per heavy atom. The summed E-state index contributed by atoms with van der Waals surface area (Å²) in [6.45, 7) is 5.66. The summed E-state index contributed by atoms with van der Waals surface area (Å²) in [6.07, 6.45) is 1.70. The van der Waals surface area contributed by atoms with Crippen molar-refractivity contribution in [3.8, 4) is 0 Å². The number of hydrogen-bond donors (Lipinski definition) is 1. The van der Waals surface area contributed by atoms with Gasteiger partial charge in [-0.3, -0.25) is 5.32 Å². The summed E-state index contributed by atoms with van der Waals surface area (Å²) in [7, 11) is 0. The Morgan fingerprint density at radius 2 is 1.66 bits per heavy atom. The summed E-state index contributed by atoms with van der Waals surface area (Å²) in [5.41, 5.74) is 2.82. The van der Waals surface area contributed by atoms with Crippen molar-refractivity contribution in [3.63, 3.8) is 0 Å². The van der Waals surface area contributed by atoms with Gasteiger partial charge in [0.25, 0.3) is 0 Å². The maximum atomic E-state index is 12.5. The standard InChI is InChI=1S/C26H29BrN2O6/c1-4-33-24(30)20(25(31)34-5-2)15-29(23-14-21(23)27)22-13-19(12-11-17(22)3)28-26(32)35-16-18-9-7-6-8-10-18/h6-13,15,21,23H,4-5,14,16H2,1-3H3,(H,28,32). The van der Waals surface area contributed by atoms with Crippen molar-refractivity contribution >= 4 is 45.3 Å². The number of carbonyl (C=O) groups excluding carboxylic acids is 3. The largest absolute Gasteiger partial charge is 0.462 e. The van der Waals surface area contributed by atoms with E-state index in [2.05, 4.69) is 21.2 Å².